The van der Waals surface area contributed by atoms with Gasteiger partial charge < -0.3 is 10.1 Å². The summed E-state index contributed by atoms with van der Waals surface area (Å²) in [6.07, 6.45) is 0. The number of fused-ring (bicyclic) bond motifs is 2. The molecule has 0 atom stereocenters. The summed E-state index contributed by atoms with van der Waals surface area (Å²) in [6, 6.07) is 7.98. The molecule has 2 aliphatic rings. The monoisotopic (exact) mass is 282 g/mol. The third-order valence-corrected chi connectivity index (χ3v) is 3.66. The molecular formula is C16H11FN2O2. The van der Waals surface area contributed by atoms with Crippen molar-refractivity contribution in [1.82, 2.24) is 4.98 Å². The summed E-state index contributed by atoms with van der Waals surface area (Å²) < 4.78 is 19.1. The van der Waals surface area contributed by atoms with Gasteiger partial charge in [0, 0.05) is 22.5 Å². The van der Waals surface area contributed by atoms with Crippen molar-refractivity contribution in [1.29, 1.82) is 0 Å². The van der Waals surface area contributed by atoms with Gasteiger partial charge in [-0.2, -0.15) is 0 Å². The number of amides is 1. The minimum absolute atomic E-state index is 0.279. The van der Waals surface area contributed by atoms with E-state index in [-0.39, 0.29) is 11.7 Å². The number of nitrogens with zero attached hydrogens (tertiary/aromatic N) is 1. The first kappa shape index (κ1) is 12.1. The van der Waals surface area contributed by atoms with Crippen molar-refractivity contribution in [3.8, 4) is 0 Å². The Morgan fingerprint density at radius 1 is 1.24 bits per heavy atom. The number of ether oxygens (including phenoxy) is 1. The normalized spacial score (nSPS) is 19.0. The van der Waals surface area contributed by atoms with Crippen molar-refractivity contribution < 1.29 is 13.9 Å². The summed E-state index contributed by atoms with van der Waals surface area (Å²) in [5.41, 5.74) is 3.99. The minimum atomic E-state index is -0.386. The average molecular weight is 282 g/mol. The second-order valence-corrected chi connectivity index (χ2v) is 5.08. The van der Waals surface area contributed by atoms with E-state index in [1.165, 1.54) is 12.1 Å². The largest absolute Gasteiger partial charge is 0.486 e. The molecule has 1 aromatic heterocycles. The summed E-state index contributed by atoms with van der Waals surface area (Å²) >= 11 is 0. The van der Waals surface area contributed by atoms with Gasteiger partial charge in [-0.15, -0.1) is 0 Å². The van der Waals surface area contributed by atoms with Crippen molar-refractivity contribution in [2.75, 3.05) is 5.32 Å². The molecule has 0 unspecified atom stereocenters. The summed E-state index contributed by atoms with van der Waals surface area (Å²) in [6.45, 7) is 2.23. The number of hydrogen-bond donors (Lipinski definition) is 1. The summed E-state index contributed by atoms with van der Waals surface area (Å²) in [4.78, 5) is 16.6. The molecule has 0 saturated carbocycles. The van der Waals surface area contributed by atoms with E-state index in [0.29, 0.717) is 29.2 Å². The van der Waals surface area contributed by atoms with E-state index >= 15 is 0 Å². The standard InChI is InChI=1S/C16H11FN2O2/c1-8-2-4-10-13(18-8)7-21-15(10)14-11-6-9(17)3-5-12(11)19-16(14)20/h2-6H,7H2,1H3,(H,19,20)/b15-14-. The van der Waals surface area contributed by atoms with Gasteiger partial charge >= 0.3 is 0 Å². The maximum Gasteiger partial charge on any atom is 0.260 e. The molecule has 1 aromatic carbocycles. The first-order valence-electron chi connectivity index (χ1n) is 6.59. The smallest absolute Gasteiger partial charge is 0.260 e. The number of anilines is 1. The molecule has 0 saturated heterocycles. The highest BCUT2D eigenvalue weighted by Crippen LogP contribution is 2.41. The van der Waals surface area contributed by atoms with Crippen LogP contribution in [-0.4, -0.2) is 10.9 Å². The van der Waals surface area contributed by atoms with E-state index in [0.717, 1.165) is 17.0 Å². The van der Waals surface area contributed by atoms with E-state index < -0.39 is 0 Å². The molecule has 0 bridgehead atoms. The number of aryl methyl sites for hydroxylation is 1. The van der Waals surface area contributed by atoms with E-state index in [1.54, 1.807) is 6.07 Å². The summed E-state index contributed by atoms with van der Waals surface area (Å²) in [5.74, 6) is -0.193. The van der Waals surface area contributed by atoms with Crippen molar-refractivity contribution in [3.63, 3.8) is 0 Å². The number of pyridine rings is 1. The van der Waals surface area contributed by atoms with E-state index in [9.17, 15) is 9.18 Å². The Balaban J connectivity index is 1.96. The number of hydrogen-bond acceptors (Lipinski definition) is 3. The van der Waals surface area contributed by atoms with Gasteiger partial charge in [0.2, 0.25) is 0 Å². The third-order valence-electron chi connectivity index (χ3n) is 3.66. The Morgan fingerprint density at radius 2 is 2.10 bits per heavy atom. The van der Waals surface area contributed by atoms with Crippen LogP contribution in [0.15, 0.2) is 30.3 Å². The molecular weight excluding hydrogens is 271 g/mol. The molecule has 2 aliphatic heterocycles. The molecule has 1 N–H and O–H groups in total. The van der Waals surface area contributed by atoms with Gasteiger partial charge in [-0.25, -0.2) is 4.39 Å². The van der Waals surface area contributed by atoms with Gasteiger partial charge in [-0.3, -0.25) is 9.78 Å². The molecule has 104 valence electrons. The van der Waals surface area contributed by atoms with E-state index in [4.69, 9.17) is 4.74 Å². The molecule has 4 rings (SSSR count). The highest BCUT2D eigenvalue weighted by molar-refractivity contribution is 6.36. The quantitative estimate of drug-likeness (QED) is 0.756. The van der Waals surface area contributed by atoms with Gasteiger partial charge in [0.25, 0.3) is 5.91 Å². The SMILES string of the molecule is Cc1ccc2c(n1)CO/C2=C1\C(=O)Nc2ccc(F)cc21. The van der Waals surface area contributed by atoms with Crippen LogP contribution in [0.5, 0.6) is 0 Å². The van der Waals surface area contributed by atoms with Gasteiger partial charge in [0.1, 0.15) is 18.2 Å². The number of carbonyl (C=O) groups is 1. The van der Waals surface area contributed by atoms with Gasteiger partial charge in [0.15, 0.2) is 0 Å². The zero-order valence-electron chi connectivity index (χ0n) is 11.2. The topological polar surface area (TPSA) is 51.2 Å². The first-order chi connectivity index (χ1) is 10.1. The van der Waals surface area contributed by atoms with Crippen molar-refractivity contribution in [2.45, 2.75) is 13.5 Å². The second-order valence-electron chi connectivity index (χ2n) is 5.08. The average Bonchev–Trinajstić information content (AvgIpc) is 2.98. The molecule has 1 amide bonds. The number of halogens is 1. The highest BCUT2D eigenvalue weighted by atomic mass is 19.1. The fourth-order valence-electron chi connectivity index (χ4n) is 2.72. The Labute approximate surface area is 120 Å². The van der Waals surface area contributed by atoms with Gasteiger partial charge in [-0.1, -0.05) is 0 Å². The molecule has 0 aliphatic carbocycles. The number of nitrogens with one attached hydrogen (secondary N) is 1. The zero-order valence-corrected chi connectivity index (χ0v) is 11.2. The molecule has 5 heteroatoms. The molecule has 3 heterocycles. The van der Waals surface area contributed by atoms with Crippen molar-refractivity contribution in [3.05, 3.63) is 58.7 Å². The predicted molar refractivity (Wildman–Crippen MR) is 75.6 cm³/mol. The Hall–Kier alpha value is -2.69. The molecule has 21 heavy (non-hydrogen) atoms. The van der Waals surface area contributed by atoms with Crippen LogP contribution in [0.3, 0.4) is 0 Å². The minimum Gasteiger partial charge on any atom is -0.486 e. The molecule has 4 nitrogen and oxygen atoms in total. The zero-order chi connectivity index (χ0) is 14.6. The molecule has 0 fully saturated rings. The lowest BCUT2D eigenvalue weighted by molar-refractivity contribution is -0.110. The van der Waals surface area contributed by atoms with Crippen LogP contribution >= 0.6 is 0 Å². The lowest BCUT2D eigenvalue weighted by Gasteiger charge is -2.04. The predicted octanol–water partition coefficient (Wildman–Crippen LogP) is 2.88. The van der Waals surface area contributed by atoms with Crippen molar-refractivity contribution >= 4 is 22.9 Å². The van der Waals surface area contributed by atoms with E-state index in [1.807, 2.05) is 19.1 Å². The maximum atomic E-state index is 13.5. The van der Waals surface area contributed by atoms with Gasteiger partial charge in [-0.05, 0) is 37.3 Å². The van der Waals surface area contributed by atoms with Crippen LogP contribution in [0.4, 0.5) is 10.1 Å². The number of aromatic nitrogens is 1. The third kappa shape index (κ3) is 1.74. The first-order valence-corrected chi connectivity index (χ1v) is 6.59. The molecule has 0 spiro atoms. The fourth-order valence-corrected chi connectivity index (χ4v) is 2.72. The number of carbonyl (C=O) groups excluding carboxylic acids is 1. The summed E-state index contributed by atoms with van der Waals surface area (Å²) in [5, 5.41) is 2.73. The highest BCUT2D eigenvalue weighted by Gasteiger charge is 2.33. The molecule has 0 radical (unpaired) electrons. The van der Waals surface area contributed by atoms with Crippen LogP contribution in [0.1, 0.15) is 22.5 Å². The Morgan fingerprint density at radius 3 is 2.95 bits per heavy atom. The van der Waals surface area contributed by atoms with Crippen LogP contribution in [0.25, 0.3) is 11.3 Å². The lowest BCUT2D eigenvalue weighted by atomic mass is 10.0. The van der Waals surface area contributed by atoms with E-state index in [2.05, 4.69) is 10.3 Å². The summed E-state index contributed by atoms with van der Waals surface area (Å²) in [7, 11) is 0. The van der Waals surface area contributed by atoms with Gasteiger partial charge in [0.05, 0.1) is 11.3 Å². The number of benzene rings is 1. The maximum absolute atomic E-state index is 13.5. The fraction of sp³-hybridized carbons (Fsp3) is 0.125. The Kier molecular flexibility index (Phi) is 2.39. The van der Waals surface area contributed by atoms with Crippen LogP contribution < -0.4 is 5.32 Å². The Bertz CT molecular complexity index is 827. The molecule has 2 aromatic rings. The lowest BCUT2D eigenvalue weighted by Crippen LogP contribution is -2.05. The van der Waals surface area contributed by atoms with Crippen LogP contribution in [0, 0.1) is 12.7 Å². The van der Waals surface area contributed by atoms with Crippen LogP contribution in [-0.2, 0) is 16.1 Å². The second kappa shape index (κ2) is 4.15. The number of rotatable bonds is 0. The van der Waals surface area contributed by atoms with Crippen LogP contribution in [0.2, 0.25) is 0 Å². The van der Waals surface area contributed by atoms with Crippen molar-refractivity contribution in [2.24, 2.45) is 0 Å².